The number of aliphatic imine (C=N–C) groups is 1. The Bertz CT molecular complexity index is 373. The average Bonchev–Trinajstić information content (AvgIpc) is 3.21. The minimum atomic E-state index is 0.493. The molecule has 1 saturated carbocycles. The van der Waals surface area contributed by atoms with Crippen molar-refractivity contribution in [3.63, 3.8) is 0 Å². The van der Waals surface area contributed by atoms with Crippen molar-refractivity contribution in [2.75, 3.05) is 40.8 Å². The van der Waals surface area contributed by atoms with Crippen LogP contribution >= 0.6 is 0 Å². The first kappa shape index (κ1) is 17.5. The van der Waals surface area contributed by atoms with E-state index in [1.54, 1.807) is 0 Å². The molecule has 1 aliphatic heterocycles. The van der Waals surface area contributed by atoms with Gasteiger partial charge in [0.15, 0.2) is 5.96 Å². The first-order valence-corrected chi connectivity index (χ1v) is 8.80. The van der Waals surface area contributed by atoms with Crippen molar-refractivity contribution in [1.29, 1.82) is 0 Å². The van der Waals surface area contributed by atoms with Crippen molar-refractivity contribution < 1.29 is 0 Å². The first-order valence-electron chi connectivity index (χ1n) is 8.80. The molecule has 0 bridgehead atoms. The summed E-state index contributed by atoms with van der Waals surface area (Å²) in [6.45, 7) is 10.2. The van der Waals surface area contributed by atoms with E-state index in [0.29, 0.717) is 24.0 Å². The second-order valence-electron chi connectivity index (χ2n) is 7.60. The molecule has 0 aromatic heterocycles. The second-order valence-corrected chi connectivity index (χ2v) is 7.60. The van der Waals surface area contributed by atoms with Crippen LogP contribution in [0.4, 0.5) is 0 Å². The fourth-order valence-corrected chi connectivity index (χ4v) is 3.44. The molecule has 5 heteroatoms. The number of guanidine groups is 1. The highest BCUT2D eigenvalue weighted by molar-refractivity contribution is 5.80. The van der Waals surface area contributed by atoms with E-state index in [2.05, 4.69) is 60.3 Å². The van der Waals surface area contributed by atoms with Crippen molar-refractivity contribution in [3.8, 4) is 0 Å². The van der Waals surface area contributed by atoms with Crippen LogP contribution in [0, 0.1) is 11.8 Å². The first-order chi connectivity index (χ1) is 10.4. The van der Waals surface area contributed by atoms with Gasteiger partial charge < -0.3 is 15.5 Å². The van der Waals surface area contributed by atoms with Gasteiger partial charge in [0.05, 0.1) is 0 Å². The van der Waals surface area contributed by atoms with E-state index in [4.69, 9.17) is 0 Å². The minimum Gasteiger partial charge on any atom is -0.355 e. The summed E-state index contributed by atoms with van der Waals surface area (Å²) < 4.78 is 0. The molecule has 0 aromatic rings. The van der Waals surface area contributed by atoms with Crippen molar-refractivity contribution >= 4 is 5.96 Å². The van der Waals surface area contributed by atoms with Gasteiger partial charge >= 0.3 is 0 Å². The summed E-state index contributed by atoms with van der Waals surface area (Å²) in [5.41, 5.74) is 0. The lowest BCUT2D eigenvalue weighted by Gasteiger charge is -2.27. The lowest BCUT2D eigenvalue weighted by Crippen LogP contribution is -2.50. The zero-order chi connectivity index (χ0) is 16.3. The maximum absolute atomic E-state index is 4.42. The normalized spacial score (nSPS) is 28.5. The van der Waals surface area contributed by atoms with Crippen LogP contribution in [0.5, 0.6) is 0 Å². The molecule has 2 fully saturated rings. The van der Waals surface area contributed by atoms with Crippen LogP contribution in [0.3, 0.4) is 0 Å². The lowest BCUT2D eigenvalue weighted by atomic mass is 10.1. The molecule has 5 nitrogen and oxygen atoms in total. The molecule has 128 valence electrons. The minimum absolute atomic E-state index is 0.493. The van der Waals surface area contributed by atoms with Gasteiger partial charge in [-0.1, -0.05) is 6.92 Å². The van der Waals surface area contributed by atoms with Crippen LogP contribution in [0.2, 0.25) is 0 Å². The molecule has 2 N–H and O–H groups in total. The number of hydrogen-bond donors (Lipinski definition) is 2. The van der Waals surface area contributed by atoms with E-state index >= 15 is 0 Å². The number of likely N-dealkylation sites (tertiary alicyclic amines) is 1. The Kier molecular flexibility index (Phi) is 6.09. The maximum Gasteiger partial charge on any atom is 0.191 e. The van der Waals surface area contributed by atoms with Crippen LogP contribution in [0.25, 0.3) is 0 Å². The molecule has 2 rings (SSSR count). The van der Waals surface area contributed by atoms with Crippen molar-refractivity contribution in [2.24, 2.45) is 16.8 Å². The smallest absolute Gasteiger partial charge is 0.191 e. The topological polar surface area (TPSA) is 42.9 Å². The molecule has 1 saturated heterocycles. The third-order valence-electron chi connectivity index (χ3n) is 5.22. The van der Waals surface area contributed by atoms with Gasteiger partial charge in [0.2, 0.25) is 0 Å². The Hall–Kier alpha value is -0.810. The van der Waals surface area contributed by atoms with Crippen LogP contribution < -0.4 is 10.6 Å². The highest BCUT2D eigenvalue weighted by Gasteiger charge is 2.34. The van der Waals surface area contributed by atoms with Gasteiger partial charge in [0.1, 0.15) is 0 Å². The molecule has 0 amide bonds. The molecular formula is C17H35N5. The molecule has 1 aliphatic carbocycles. The van der Waals surface area contributed by atoms with Gasteiger partial charge in [-0.05, 0) is 52.6 Å². The van der Waals surface area contributed by atoms with Crippen molar-refractivity contribution in [1.82, 2.24) is 20.4 Å². The van der Waals surface area contributed by atoms with Crippen molar-refractivity contribution in [3.05, 3.63) is 0 Å². The lowest BCUT2D eigenvalue weighted by molar-refractivity contribution is 0.262. The summed E-state index contributed by atoms with van der Waals surface area (Å²) >= 11 is 0. The summed E-state index contributed by atoms with van der Waals surface area (Å²) in [7, 11) is 6.23. The summed E-state index contributed by atoms with van der Waals surface area (Å²) in [5.74, 6) is 2.48. The standard InChI is InChI=1S/C17H35N5/c1-12(2)22-10-13(3)15(11-22)20-17(18-4)19-9-16(21(5)6)14-7-8-14/h12-16H,7-11H2,1-6H3,(H2,18,19,20). The molecule has 22 heavy (non-hydrogen) atoms. The maximum atomic E-state index is 4.42. The predicted octanol–water partition coefficient (Wildman–Crippen LogP) is 1.22. The Morgan fingerprint density at radius 2 is 1.95 bits per heavy atom. The highest BCUT2D eigenvalue weighted by Crippen LogP contribution is 2.34. The Morgan fingerprint density at radius 3 is 2.41 bits per heavy atom. The molecular weight excluding hydrogens is 274 g/mol. The van der Waals surface area contributed by atoms with Crippen LogP contribution in [-0.2, 0) is 0 Å². The number of likely N-dealkylation sites (N-methyl/N-ethyl adjacent to an activating group) is 1. The summed E-state index contributed by atoms with van der Waals surface area (Å²) in [4.78, 5) is 9.31. The summed E-state index contributed by atoms with van der Waals surface area (Å²) in [6.07, 6.45) is 2.75. The molecule has 0 spiro atoms. The van der Waals surface area contributed by atoms with Gasteiger partial charge in [-0.3, -0.25) is 9.89 Å². The van der Waals surface area contributed by atoms with Gasteiger partial charge in [-0.15, -0.1) is 0 Å². The second kappa shape index (κ2) is 7.64. The molecule has 3 unspecified atom stereocenters. The number of rotatable bonds is 6. The number of nitrogens with zero attached hydrogens (tertiary/aromatic N) is 3. The Morgan fingerprint density at radius 1 is 1.27 bits per heavy atom. The Balaban J connectivity index is 1.82. The van der Waals surface area contributed by atoms with E-state index in [-0.39, 0.29) is 0 Å². The summed E-state index contributed by atoms with van der Waals surface area (Å²) in [6, 6.07) is 1.73. The average molecular weight is 310 g/mol. The number of hydrogen-bond acceptors (Lipinski definition) is 3. The molecule has 3 atom stereocenters. The van der Waals surface area contributed by atoms with E-state index in [0.717, 1.165) is 25.0 Å². The fourth-order valence-electron chi connectivity index (χ4n) is 3.44. The highest BCUT2D eigenvalue weighted by atomic mass is 15.3. The molecule has 0 radical (unpaired) electrons. The third-order valence-corrected chi connectivity index (χ3v) is 5.22. The van der Waals surface area contributed by atoms with E-state index < -0.39 is 0 Å². The molecule has 0 aromatic carbocycles. The quantitative estimate of drug-likeness (QED) is 0.572. The largest absolute Gasteiger partial charge is 0.355 e. The predicted molar refractivity (Wildman–Crippen MR) is 94.4 cm³/mol. The fraction of sp³-hybridized carbons (Fsp3) is 0.941. The van der Waals surface area contributed by atoms with Crippen molar-refractivity contribution in [2.45, 2.75) is 51.7 Å². The van der Waals surface area contributed by atoms with Crippen LogP contribution in [0.1, 0.15) is 33.6 Å². The van der Waals surface area contributed by atoms with Crippen LogP contribution in [0.15, 0.2) is 4.99 Å². The SMILES string of the molecule is CN=C(NCC(C1CC1)N(C)C)NC1CN(C(C)C)CC1C. The Labute approximate surface area is 136 Å². The zero-order valence-corrected chi connectivity index (χ0v) is 15.3. The van der Waals surface area contributed by atoms with Gasteiger partial charge in [0.25, 0.3) is 0 Å². The third kappa shape index (κ3) is 4.59. The molecule has 1 heterocycles. The van der Waals surface area contributed by atoms with E-state index in [1.807, 2.05) is 7.05 Å². The monoisotopic (exact) mass is 309 g/mol. The van der Waals surface area contributed by atoms with Crippen LogP contribution in [-0.4, -0.2) is 74.7 Å². The number of nitrogens with one attached hydrogen (secondary N) is 2. The summed E-state index contributed by atoms with van der Waals surface area (Å²) in [5, 5.41) is 7.17. The van der Waals surface area contributed by atoms with E-state index in [1.165, 1.54) is 19.4 Å². The zero-order valence-electron chi connectivity index (χ0n) is 15.3. The molecule has 2 aliphatic rings. The van der Waals surface area contributed by atoms with Gasteiger partial charge in [-0.25, -0.2) is 0 Å². The van der Waals surface area contributed by atoms with Gasteiger partial charge in [-0.2, -0.15) is 0 Å². The van der Waals surface area contributed by atoms with Gasteiger partial charge in [0, 0.05) is 44.8 Å². The van der Waals surface area contributed by atoms with E-state index in [9.17, 15) is 0 Å².